The van der Waals surface area contributed by atoms with E-state index in [9.17, 15) is 14.4 Å². The SMILES string of the molecule is Cc1cccc(NC(=O)Cn2c(=O)n(Cc3ccc(Cl)cc3)c(=O)c3nccnc32)c1. The number of amides is 1. The molecule has 0 bridgehead atoms. The molecular weight excluding hydrogens is 418 g/mol. The molecule has 2 aromatic carbocycles. The average molecular weight is 436 g/mol. The molecule has 0 radical (unpaired) electrons. The Kier molecular flexibility index (Phi) is 5.64. The van der Waals surface area contributed by atoms with E-state index < -0.39 is 17.2 Å². The summed E-state index contributed by atoms with van der Waals surface area (Å²) in [7, 11) is 0. The summed E-state index contributed by atoms with van der Waals surface area (Å²) >= 11 is 5.92. The van der Waals surface area contributed by atoms with Crippen molar-refractivity contribution in [2.75, 3.05) is 5.32 Å². The van der Waals surface area contributed by atoms with Crippen molar-refractivity contribution in [3.8, 4) is 0 Å². The summed E-state index contributed by atoms with van der Waals surface area (Å²) in [5, 5.41) is 3.31. The molecule has 1 amide bonds. The van der Waals surface area contributed by atoms with Crippen LogP contribution in [0.1, 0.15) is 11.1 Å². The molecule has 2 aromatic heterocycles. The van der Waals surface area contributed by atoms with Gasteiger partial charge in [0.05, 0.1) is 6.54 Å². The highest BCUT2D eigenvalue weighted by Gasteiger charge is 2.17. The lowest BCUT2D eigenvalue weighted by Gasteiger charge is -2.13. The molecule has 0 aliphatic rings. The normalized spacial score (nSPS) is 10.9. The monoisotopic (exact) mass is 435 g/mol. The third-order valence-corrected chi connectivity index (χ3v) is 4.95. The lowest BCUT2D eigenvalue weighted by atomic mass is 10.2. The first-order valence-corrected chi connectivity index (χ1v) is 9.85. The van der Waals surface area contributed by atoms with Gasteiger partial charge in [0.2, 0.25) is 5.91 Å². The number of aromatic nitrogens is 4. The lowest BCUT2D eigenvalue weighted by molar-refractivity contribution is -0.116. The topological polar surface area (TPSA) is 98.9 Å². The van der Waals surface area contributed by atoms with Crippen molar-refractivity contribution in [2.24, 2.45) is 0 Å². The molecule has 0 saturated heterocycles. The van der Waals surface area contributed by atoms with Crippen molar-refractivity contribution in [3.63, 3.8) is 0 Å². The molecule has 0 spiro atoms. The maximum absolute atomic E-state index is 13.2. The van der Waals surface area contributed by atoms with Crippen LogP contribution in [0.4, 0.5) is 5.69 Å². The number of rotatable bonds is 5. The maximum Gasteiger partial charge on any atom is 0.333 e. The maximum atomic E-state index is 13.2. The van der Waals surface area contributed by atoms with Gasteiger partial charge in [-0.3, -0.25) is 18.7 Å². The van der Waals surface area contributed by atoms with Crippen molar-refractivity contribution < 1.29 is 4.79 Å². The standard InChI is InChI=1S/C22H18ClN5O3/c1-14-3-2-4-17(11-14)26-18(29)13-27-20-19(24-9-10-25-20)21(30)28(22(27)31)12-15-5-7-16(23)8-6-15/h2-11H,12-13H2,1H3,(H,26,29). The molecule has 4 rings (SSSR count). The molecule has 0 aliphatic heterocycles. The van der Waals surface area contributed by atoms with Gasteiger partial charge in [-0.25, -0.2) is 14.8 Å². The number of hydrogen-bond donors (Lipinski definition) is 1. The van der Waals surface area contributed by atoms with Crippen LogP contribution in [0, 0.1) is 6.92 Å². The highest BCUT2D eigenvalue weighted by molar-refractivity contribution is 6.30. The number of carbonyl (C=O) groups is 1. The Labute approximate surface area is 181 Å². The molecule has 9 heteroatoms. The fourth-order valence-corrected chi connectivity index (χ4v) is 3.38. The highest BCUT2D eigenvalue weighted by Crippen LogP contribution is 2.11. The Hall–Kier alpha value is -3.78. The van der Waals surface area contributed by atoms with Crippen LogP contribution in [0.3, 0.4) is 0 Å². The fourth-order valence-electron chi connectivity index (χ4n) is 3.25. The van der Waals surface area contributed by atoms with Crippen LogP contribution in [-0.2, 0) is 17.9 Å². The Morgan fingerprint density at radius 2 is 1.77 bits per heavy atom. The second-order valence-electron chi connectivity index (χ2n) is 7.03. The van der Waals surface area contributed by atoms with Crippen LogP contribution in [0.5, 0.6) is 0 Å². The Balaban J connectivity index is 1.75. The number of hydrogen-bond acceptors (Lipinski definition) is 5. The van der Waals surface area contributed by atoms with Crippen molar-refractivity contribution in [1.29, 1.82) is 0 Å². The molecule has 31 heavy (non-hydrogen) atoms. The van der Waals surface area contributed by atoms with Crippen molar-refractivity contribution in [3.05, 3.63) is 97.9 Å². The molecular formula is C22H18ClN5O3. The molecule has 4 aromatic rings. The smallest absolute Gasteiger partial charge is 0.325 e. The second kappa shape index (κ2) is 8.53. The Morgan fingerprint density at radius 3 is 2.52 bits per heavy atom. The van der Waals surface area contributed by atoms with Gasteiger partial charge in [-0.15, -0.1) is 0 Å². The van der Waals surface area contributed by atoms with Crippen LogP contribution in [0.2, 0.25) is 5.02 Å². The van der Waals surface area contributed by atoms with E-state index >= 15 is 0 Å². The first kappa shape index (κ1) is 20.5. The van der Waals surface area contributed by atoms with Gasteiger partial charge in [0.25, 0.3) is 5.56 Å². The van der Waals surface area contributed by atoms with Gasteiger partial charge in [-0.1, -0.05) is 35.9 Å². The zero-order valence-corrected chi connectivity index (χ0v) is 17.3. The minimum absolute atomic E-state index is 0.0134. The number of carbonyl (C=O) groups excluding carboxylic acids is 1. The van der Waals surface area contributed by atoms with E-state index in [0.29, 0.717) is 16.3 Å². The quantitative estimate of drug-likeness (QED) is 0.519. The van der Waals surface area contributed by atoms with Crippen molar-refractivity contribution in [2.45, 2.75) is 20.0 Å². The fraction of sp³-hybridized carbons (Fsp3) is 0.136. The third kappa shape index (κ3) is 4.39. The zero-order chi connectivity index (χ0) is 22.0. The van der Waals surface area contributed by atoms with Gasteiger partial charge < -0.3 is 5.32 Å². The van der Waals surface area contributed by atoms with Crippen LogP contribution in [-0.4, -0.2) is 25.0 Å². The van der Waals surface area contributed by atoms with Crippen LogP contribution >= 0.6 is 11.6 Å². The van der Waals surface area contributed by atoms with Gasteiger partial charge >= 0.3 is 5.69 Å². The zero-order valence-electron chi connectivity index (χ0n) is 16.6. The molecule has 0 fully saturated rings. The van der Waals surface area contributed by atoms with Crippen LogP contribution in [0.25, 0.3) is 11.2 Å². The average Bonchev–Trinajstić information content (AvgIpc) is 2.75. The first-order chi connectivity index (χ1) is 14.9. The minimum Gasteiger partial charge on any atom is -0.325 e. The number of nitrogens with one attached hydrogen (secondary N) is 1. The summed E-state index contributed by atoms with van der Waals surface area (Å²) < 4.78 is 2.20. The van der Waals surface area contributed by atoms with Gasteiger partial charge in [-0.2, -0.15) is 0 Å². The number of benzene rings is 2. The van der Waals surface area contributed by atoms with Gasteiger partial charge in [0.1, 0.15) is 6.54 Å². The van der Waals surface area contributed by atoms with Gasteiger partial charge in [0.15, 0.2) is 11.2 Å². The molecule has 0 atom stereocenters. The van der Waals surface area contributed by atoms with Crippen LogP contribution < -0.4 is 16.6 Å². The largest absolute Gasteiger partial charge is 0.333 e. The van der Waals surface area contributed by atoms with Gasteiger partial charge in [0, 0.05) is 23.1 Å². The molecule has 0 aliphatic carbocycles. The summed E-state index contributed by atoms with van der Waals surface area (Å²) in [6.07, 6.45) is 2.75. The summed E-state index contributed by atoms with van der Waals surface area (Å²) in [6, 6.07) is 14.1. The predicted octanol–water partition coefficient (Wildman–Crippen LogP) is 2.60. The Bertz CT molecular complexity index is 1390. The molecule has 2 heterocycles. The lowest BCUT2D eigenvalue weighted by Crippen LogP contribution is -2.42. The Morgan fingerprint density at radius 1 is 1.03 bits per heavy atom. The molecule has 8 nitrogen and oxygen atoms in total. The molecule has 0 unspecified atom stereocenters. The summed E-state index contributed by atoms with van der Waals surface area (Å²) in [5.41, 5.74) is 1.17. The number of fused-ring (bicyclic) bond motifs is 1. The van der Waals surface area contributed by atoms with Crippen molar-refractivity contribution in [1.82, 2.24) is 19.1 Å². The predicted molar refractivity (Wildman–Crippen MR) is 118 cm³/mol. The molecule has 1 N–H and O–H groups in total. The first-order valence-electron chi connectivity index (χ1n) is 9.48. The summed E-state index contributed by atoms with van der Waals surface area (Å²) in [5.74, 6) is -0.420. The van der Waals surface area contributed by atoms with E-state index in [1.807, 2.05) is 25.1 Å². The van der Waals surface area contributed by atoms with Gasteiger partial charge in [-0.05, 0) is 42.3 Å². The van der Waals surface area contributed by atoms with Crippen molar-refractivity contribution >= 4 is 34.4 Å². The highest BCUT2D eigenvalue weighted by atomic mass is 35.5. The van der Waals surface area contributed by atoms with E-state index in [0.717, 1.165) is 14.7 Å². The third-order valence-electron chi connectivity index (χ3n) is 4.70. The minimum atomic E-state index is -0.646. The van der Waals surface area contributed by atoms with E-state index in [-0.39, 0.29) is 24.3 Å². The number of aryl methyl sites for hydroxylation is 1. The number of nitrogens with zero attached hydrogens (tertiary/aromatic N) is 4. The van der Waals surface area contributed by atoms with E-state index in [2.05, 4.69) is 15.3 Å². The number of anilines is 1. The van der Waals surface area contributed by atoms with E-state index in [1.165, 1.54) is 12.4 Å². The molecule has 0 saturated carbocycles. The second-order valence-corrected chi connectivity index (χ2v) is 7.47. The summed E-state index contributed by atoms with van der Waals surface area (Å²) in [4.78, 5) is 47.0. The van der Waals surface area contributed by atoms with Crippen LogP contribution in [0.15, 0.2) is 70.5 Å². The summed E-state index contributed by atoms with van der Waals surface area (Å²) in [6.45, 7) is 1.61. The van der Waals surface area contributed by atoms with E-state index in [1.54, 1.807) is 30.3 Å². The molecule has 156 valence electrons. The van der Waals surface area contributed by atoms with E-state index in [4.69, 9.17) is 11.6 Å². The number of halogens is 1.